The first-order valence-corrected chi connectivity index (χ1v) is 14.8. The molecule has 1 saturated heterocycles. The van der Waals surface area contributed by atoms with E-state index in [9.17, 15) is 25.2 Å². The van der Waals surface area contributed by atoms with Crippen molar-refractivity contribution in [3.8, 4) is 16.9 Å². The van der Waals surface area contributed by atoms with Gasteiger partial charge >= 0.3 is 5.97 Å². The van der Waals surface area contributed by atoms with E-state index in [0.29, 0.717) is 31.1 Å². The lowest BCUT2D eigenvalue weighted by atomic mass is 9.76. The zero-order valence-corrected chi connectivity index (χ0v) is 25.3. The van der Waals surface area contributed by atoms with Gasteiger partial charge in [-0.2, -0.15) is 0 Å². The predicted molar refractivity (Wildman–Crippen MR) is 165 cm³/mol. The van der Waals surface area contributed by atoms with E-state index in [4.69, 9.17) is 25.2 Å². The van der Waals surface area contributed by atoms with Crippen molar-refractivity contribution in [2.75, 3.05) is 56.3 Å². The fourth-order valence-electron chi connectivity index (χ4n) is 6.10. The minimum atomic E-state index is -1.87. The lowest BCUT2D eigenvalue weighted by Gasteiger charge is -2.36. The van der Waals surface area contributed by atoms with Crippen molar-refractivity contribution >= 4 is 17.6 Å². The number of benzene rings is 2. The largest absolute Gasteiger partial charge is 0.493 e. The number of carboxylic acids is 1. The van der Waals surface area contributed by atoms with Gasteiger partial charge in [-0.05, 0) is 43.5 Å². The summed E-state index contributed by atoms with van der Waals surface area (Å²) in [4.78, 5) is 24.0. The standard InChI is InChI=1S/C32H41N5O7/c1-18-21(5-4-6-23(18)27-19(2)35-31(36-20(27)3)37-9-11-43-12-10-37)14-34-22-7-8-24-25(15-44-26(24)13-22)28(30(41)42)29(40)32(33,16-38)17-39/h4-8,13,25,28-29,34,38-40H,9-12,14-17,33H2,1-3H3,(H,41,42)/t25-,28?,29?/m1/s1. The number of anilines is 2. The molecule has 2 aliphatic rings. The molecule has 2 aromatic carbocycles. The number of nitrogens with one attached hydrogen (secondary N) is 1. The van der Waals surface area contributed by atoms with Crippen molar-refractivity contribution in [1.29, 1.82) is 0 Å². The second kappa shape index (κ2) is 13.0. The lowest BCUT2D eigenvalue weighted by molar-refractivity contribution is -0.151. The van der Waals surface area contributed by atoms with Gasteiger partial charge in [0.2, 0.25) is 5.95 Å². The van der Waals surface area contributed by atoms with E-state index in [1.54, 1.807) is 12.1 Å². The summed E-state index contributed by atoms with van der Waals surface area (Å²) in [5, 5.41) is 43.4. The molecule has 5 rings (SSSR count). The number of ether oxygens (including phenoxy) is 2. The van der Waals surface area contributed by atoms with Gasteiger partial charge in [0, 0.05) is 48.4 Å². The Morgan fingerprint density at radius 1 is 1.11 bits per heavy atom. The lowest BCUT2D eigenvalue weighted by Crippen LogP contribution is -2.61. The van der Waals surface area contributed by atoms with Gasteiger partial charge in [0.15, 0.2) is 0 Å². The molecule has 7 N–H and O–H groups in total. The van der Waals surface area contributed by atoms with E-state index < -0.39 is 42.7 Å². The quantitative estimate of drug-likeness (QED) is 0.186. The van der Waals surface area contributed by atoms with Gasteiger partial charge in [0.05, 0.1) is 62.0 Å². The van der Waals surface area contributed by atoms with Crippen molar-refractivity contribution in [3.63, 3.8) is 0 Å². The molecular weight excluding hydrogens is 566 g/mol. The minimum Gasteiger partial charge on any atom is -0.493 e. The van der Waals surface area contributed by atoms with E-state index in [2.05, 4.69) is 29.3 Å². The van der Waals surface area contributed by atoms with Crippen LogP contribution in [0.25, 0.3) is 11.1 Å². The minimum absolute atomic E-state index is 0.0198. The predicted octanol–water partition coefficient (Wildman–Crippen LogP) is 1.74. The third-order valence-electron chi connectivity index (χ3n) is 8.82. The molecule has 3 heterocycles. The Labute approximate surface area is 256 Å². The monoisotopic (exact) mass is 607 g/mol. The summed E-state index contributed by atoms with van der Waals surface area (Å²) in [6.07, 6.45) is -1.70. The number of carboxylic acid groups (broad SMARTS) is 1. The van der Waals surface area contributed by atoms with Gasteiger partial charge in [-0.3, -0.25) is 4.79 Å². The number of hydrogen-bond acceptors (Lipinski definition) is 11. The number of hydrogen-bond donors (Lipinski definition) is 6. The summed E-state index contributed by atoms with van der Waals surface area (Å²) in [5.74, 6) is -2.15. The zero-order valence-electron chi connectivity index (χ0n) is 25.3. The molecule has 3 aromatic rings. The number of aryl methyl sites for hydroxylation is 2. The molecule has 0 bridgehead atoms. The van der Waals surface area contributed by atoms with Crippen LogP contribution in [0, 0.1) is 26.7 Å². The van der Waals surface area contributed by atoms with E-state index in [-0.39, 0.29) is 6.61 Å². The van der Waals surface area contributed by atoms with E-state index in [1.165, 1.54) is 0 Å². The third-order valence-corrected chi connectivity index (χ3v) is 8.82. The molecular formula is C32H41N5O7. The van der Waals surface area contributed by atoms with Crippen LogP contribution >= 0.6 is 0 Å². The van der Waals surface area contributed by atoms with Crippen LogP contribution in [0.2, 0.25) is 0 Å². The Hall–Kier alpha value is -3.81. The van der Waals surface area contributed by atoms with Crippen LogP contribution in [-0.2, 0) is 16.1 Å². The van der Waals surface area contributed by atoms with E-state index in [1.807, 2.05) is 26.0 Å². The van der Waals surface area contributed by atoms with Gasteiger partial charge in [-0.15, -0.1) is 0 Å². The van der Waals surface area contributed by atoms with E-state index in [0.717, 1.165) is 58.4 Å². The maximum absolute atomic E-state index is 12.2. The summed E-state index contributed by atoms with van der Waals surface area (Å²) >= 11 is 0. The summed E-state index contributed by atoms with van der Waals surface area (Å²) in [7, 11) is 0. The summed E-state index contributed by atoms with van der Waals surface area (Å²) in [5.41, 5.74) is 11.6. The number of morpholine rings is 1. The number of carbonyl (C=O) groups is 1. The topological polar surface area (TPSA) is 184 Å². The summed E-state index contributed by atoms with van der Waals surface area (Å²) < 4.78 is 11.3. The van der Waals surface area contributed by atoms with Crippen LogP contribution in [0.5, 0.6) is 5.75 Å². The SMILES string of the molecule is Cc1nc(N2CCOCC2)nc(C)c1-c1cccc(CNc2ccc3c(c2)OC[C@H]3C(C(=O)O)C(O)C(N)(CO)CO)c1C. The van der Waals surface area contributed by atoms with Gasteiger partial charge in [0.25, 0.3) is 0 Å². The summed E-state index contributed by atoms with van der Waals surface area (Å²) in [6, 6.07) is 11.6. The number of aliphatic hydroxyl groups is 3. The molecule has 0 radical (unpaired) electrons. The molecule has 0 saturated carbocycles. The van der Waals surface area contributed by atoms with Crippen LogP contribution in [0.15, 0.2) is 36.4 Å². The smallest absolute Gasteiger partial charge is 0.309 e. The molecule has 2 aliphatic heterocycles. The molecule has 12 nitrogen and oxygen atoms in total. The Morgan fingerprint density at radius 2 is 1.80 bits per heavy atom. The fourth-order valence-corrected chi connectivity index (χ4v) is 6.10. The molecule has 0 amide bonds. The Morgan fingerprint density at radius 3 is 2.43 bits per heavy atom. The average Bonchev–Trinajstić information content (AvgIpc) is 3.43. The Bertz CT molecular complexity index is 1480. The maximum atomic E-state index is 12.2. The number of aromatic nitrogens is 2. The van der Waals surface area contributed by atoms with Crippen molar-refractivity contribution < 1.29 is 34.7 Å². The molecule has 1 fully saturated rings. The second-order valence-electron chi connectivity index (χ2n) is 11.6. The Kier molecular flexibility index (Phi) is 9.37. The zero-order chi connectivity index (χ0) is 31.6. The van der Waals surface area contributed by atoms with Gasteiger partial charge < -0.3 is 45.9 Å². The molecule has 236 valence electrons. The highest BCUT2D eigenvalue weighted by Gasteiger charge is 2.48. The normalized spacial score (nSPS) is 18.0. The number of nitrogens with zero attached hydrogens (tertiary/aromatic N) is 3. The molecule has 44 heavy (non-hydrogen) atoms. The van der Waals surface area contributed by atoms with Crippen LogP contribution < -0.4 is 20.7 Å². The number of fused-ring (bicyclic) bond motifs is 1. The summed E-state index contributed by atoms with van der Waals surface area (Å²) in [6.45, 7) is 8.02. The van der Waals surface area contributed by atoms with Gasteiger partial charge in [-0.1, -0.05) is 24.3 Å². The van der Waals surface area contributed by atoms with Crippen LogP contribution in [0.3, 0.4) is 0 Å². The van der Waals surface area contributed by atoms with Crippen LogP contribution in [-0.4, -0.2) is 94.1 Å². The number of aliphatic carboxylic acids is 1. The molecule has 0 spiro atoms. The van der Waals surface area contributed by atoms with E-state index >= 15 is 0 Å². The van der Waals surface area contributed by atoms with Crippen molar-refractivity contribution in [1.82, 2.24) is 9.97 Å². The van der Waals surface area contributed by atoms with Crippen LogP contribution in [0.4, 0.5) is 11.6 Å². The second-order valence-corrected chi connectivity index (χ2v) is 11.6. The van der Waals surface area contributed by atoms with Crippen molar-refractivity contribution in [2.45, 2.75) is 44.9 Å². The highest BCUT2D eigenvalue weighted by Crippen LogP contribution is 2.42. The van der Waals surface area contributed by atoms with Gasteiger partial charge in [-0.25, -0.2) is 9.97 Å². The third kappa shape index (κ3) is 6.08. The molecule has 2 unspecified atom stereocenters. The molecule has 3 atom stereocenters. The first-order chi connectivity index (χ1) is 21.1. The fraction of sp³-hybridized carbons (Fsp3) is 0.469. The number of nitrogens with two attached hydrogens (primary N) is 1. The van der Waals surface area contributed by atoms with Crippen molar-refractivity contribution in [2.24, 2.45) is 11.7 Å². The van der Waals surface area contributed by atoms with Gasteiger partial charge in [0.1, 0.15) is 5.75 Å². The molecule has 0 aliphatic carbocycles. The number of aliphatic hydroxyl groups excluding tert-OH is 3. The Balaban J connectivity index is 1.33. The average molecular weight is 608 g/mol. The number of rotatable bonds is 11. The highest BCUT2D eigenvalue weighted by atomic mass is 16.5. The first-order valence-electron chi connectivity index (χ1n) is 14.8. The molecule has 12 heteroatoms. The maximum Gasteiger partial charge on any atom is 0.309 e. The van der Waals surface area contributed by atoms with Crippen molar-refractivity contribution in [3.05, 3.63) is 64.5 Å². The highest BCUT2D eigenvalue weighted by molar-refractivity contribution is 5.74. The molecule has 1 aromatic heterocycles. The first kappa shape index (κ1) is 31.6. The van der Waals surface area contributed by atoms with Crippen LogP contribution in [0.1, 0.15) is 34.0 Å².